The van der Waals surface area contributed by atoms with Gasteiger partial charge in [0, 0.05) is 12.1 Å². The van der Waals surface area contributed by atoms with Crippen molar-refractivity contribution in [2.45, 2.75) is 20.4 Å². The molecule has 0 aliphatic rings. The van der Waals surface area contributed by atoms with E-state index in [0.29, 0.717) is 23.1 Å². The van der Waals surface area contributed by atoms with Crippen LogP contribution >= 0.6 is 11.6 Å². The molecule has 0 bridgehead atoms. The molecule has 0 aromatic heterocycles. The number of hydrogen-bond acceptors (Lipinski definition) is 2. The Morgan fingerprint density at radius 3 is 2.75 bits per heavy atom. The molecule has 0 aliphatic heterocycles. The third-order valence-electron chi connectivity index (χ3n) is 2.96. The van der Waals surface area contributed by atoms with Crippen LogP contribution in [0, 0.1) is 12.7 Å². The molecule has 2 aromatic rings. The molecule has 0 aliphatic carbocycles. The quantitative estimate of drug-likeness (QED) is 0.863. The van der Waals surface area contributed by atoms with Gasteiger partial charge in [0.1, 0.15) is 11.6 Å². The van der Waals surface area contributed by atoms with Crippen LogP contribution in [0.25, 0.3) is 0 Å². The first kappa shape index (κ1) is 14.8. The molecule has 0 radical (unpaired) electrons. The molecular weight excluding hydrogens is 277 g/mol. The van der Waals surface area contributed by atoms with Crippen molar-refractivity contribution in [3.05, 3.63) is 58.4 Å². The van der Waals surface area contributed by atoms with E-state index in [9.17, 15) is 4.39 Å². The molecule has 2 rings (SSSR count). The highest BCUT2D eigenvalue weighted by molar-refractivity contribution is 6.32. The lowest BCUT2D eigenvalue weighted by atomic mass is 10.2. The maximum Gasteiger partial charge on any atom is 0.150 e. The standard InChI is InChI=1S/C16H17ClFNO/c1-3-19-10-12-5-4-6-14(17)16(12)20-15-8-7-13(18)9-11(15)2/h4-9,19H,3,10H2,1-2H3. The lowest BCUT2D eigenvalue weighted by molar-refractivity contribution is 0.468. The SMILES string of the molecule is CCNCc1cccc(Cl)c1Oc1ccc(F)cc1C. The summed E-state index contributed by atoms with van der Waals surface area (Å²) in [6.07, 6.45) is 0. The molecule has 0 fully saturated rings. The second-order valence-electron chi connectivity index (χ2n) is 4.52. The zero-order valence-electron chi connectivity index (χ0n) is 11.5. The highest BCUT2D eigenvalue weighted by atomic mass is 35.5. The van der Waals surface area contributed by atoms with E-state index in [4.69, 9.17) is 16.3 Å². The van der Waals surface area contributed by atoms with Gasteiger partial charge in [-0.2, -0.15) is 0 Å². The minimum Gasteiger partial charge on any atom is -0.455 e. The number of nitrogens with one attached hydrogen (secondary N) is 1. The summed E-state index contributed by atoms with van der Waals surface area (Å²) in [4.78, 5) is 0. The Bertz CT molecular complexity index is 601. The zero-order chi connectivity index (χ0) is 14.5. The van der Waals surface area contributed by atoms with E-state index in [1.165, 1.54) is 12.1 Å². The second-order valence-corrected chi connectivity index (χ2v) is 4.93. The van der Waals surface area contributed by atoms with E-state index in [-0.39, 0.29) is 5.82 Å². The van der Waals surface area contributed by atoms with Crippen LogP contribution in [-0.2, 0) is 6.54 Å². The van der Waals surface area contributed by atoms with Gasteiger partial charge >= 0.3 is 0 Å². The van der Waals surface area contributed by atoms with Gasteiger partial charge in [0.25, 0.3) is 0 Å². The highest BCUT2D eigenvalue weighted by Crippen LogP contribution is 2.34. The van der Waals surface area contributed by atoms with Crippen molar-refractivity contribution in [3.8, 4) is 11.5 Å². The molecule has 0 saturated heterocycles. The highest BCUT2D eigenvalue weighted by Gasteiger charge is 2.11. The monoisotopic (exact) mass is 293 g/mol. The van der Waals surface area contributed by atoms with Crippen molar-refractivity contribution in [3.63, 3.8) is 0 Å². The molecule has 0 amide bonds. The Hall–Kier alpha value is -1.58. The maximum atomic E-state index is 13.1. The predicted octanol–water partition coefficient (Wildman–Crippen LogP) is 4.69. The van der Waals surface area contributed by atoms with Crippen LogP contribution in [0.3, 0.4) is 0 Å². The fraction of sp³-hybridized carbons (Fsp3) is 0.250. The van der Waals surface area contributed by atoms with Gasteiger partial charge in [-0.3, -0.25) is 0 Å². The lowest BCUT2D eigenvalue weighted by Gasteiger charge is -2.14. The topological polar surface area (TPSA) is 21.3 Å². The second kappa shape index (κ2) is 6.73. The Morgan fingerprint density at radius 1 is 1.25 bits per heavy atom. The summed E-state index contributed by atoms with van der Waals surface area (Å²) >= 11 is 6.21. The van der Waals surface area contributed by atoms with E-state index in [1.54, 1.807) is 19.1 Å². The number of benzene rings is 2. The Balaban J connectivity index is 2.32. The van der Waals surface area contributed by atoms with Crippen molar-refractivity contribution >= 4 is 11.6 Å². The Labute approximate surface area is 123 Å². The lowest BCUT2D eigenvalue weighted by Crippen LogP contribution is -2.12. The van der Waals surface area contributed by atoms with E-state index < -0.39 is 0 Å². The predicted molar refractivity (Wildman–Crippen MR) is 80.0 cm³/mol. The average Bonchev–Trinajstić information content (AvgIpc) is 2.42. The summed E-state index contributed by atoms with van der Waals surface area (Å²) < 4.78 is 19.0. The van der Waals surface area contributed by atoms with Gasteiger partial charge in [0.15, 0.2) is 5.75 Å². The normalized spacial score (nSPS) is 10.6. The van der Waals surface area contributed by atoms with E-state index >= 15 is 0 Å². The summed E-state index contributed by atoms with van der Waals surface area (Å²) in [6.45, 7) is 5.38. The summed E-state index contributed by atoms with van der Waals surface area (Å²) in [7, 11) is 0. The number of aryl methyl sites for hydroxylation is 1. The number of ether oxygens (including phenoxy) is 1. The molecule has 0 atom stereocenters. The summed E-state index contributed by atoms with van der Waals surface area (Å²) in [6, 6.07) is 10.1. The molecule has 0 unspecified atom stereocenters. The van der Waals surface area contributed by atoms with Crippen LogP contribution < -0.4 is 10.1 Å². The van der Waals surface area contributed by atoms with E-state index in [0.717, 1.165) is 17.7 Å². The smallest absolute Gasteiger partial charge is 0.150 e. The molecule has 106 valence electrons. The van der Waals surface area contributed by atoms with Crippen LogP contribution in [0.5, 0.6) is 11.5 Å². The number of halogens is 2. The van der Waals surface area contributed by atoms with Crippen molar-refractivity contribution < 1.29 is 9.13 Å². The Morgan fingerprint density at radius 2 is 2.05 bits per heavy atom. The minimum atomic E-state index is -0.276. The first-order valence-electron chi connectivity index (χ1n) is 6.54. The zero-order valence-corrected chi connectivity index (χ0v) is 12.3. The van der Waals surface area contributed by atoms with Crippen LogP contribution in [0.1, 0.15) is 18.1 Å². The van der Waals surface area contributed by atoms with Crippen molar-refractivity contribution in [2.75, 3.05) is 6.54 Å². The van der Waals surface area contributed by atoms with Crippen LogP contribution in [0.2, 0.25) is 5.02 Å². The van der Waals surface area contributed by atoms with Crippen LogP contribution in [0.4, 0.5) is 4.39 Å². The molecule has 2 nitrogen and oxygen atoms in total. The van der Waals surface area contributed by atoms with Crippen molar-refractivity contribution in [1.29, 1.82) is 0 Å². The van der Waals surface area contributed by atoms with Gasteiger partial charge in [0.05, 0.1) is 5.02 Å². The van der Waals surface area contributed by atoms with E-state index in [2.05, 4.69) is 5.32 Å². The van der Waals surface area contributed by atoms with Crippen LogP contribution in [-0.4, -0.2) is 6.54 Å². The average molecular weight is 294 g/mol. The number of hydrogen-bond donors (Lipinski definition) is 1. The maximum absolute atomic E-state index is 13.1. The Kier molecular flexibility index (Phi) is 4.99. The first-order valence-corrected chi connectivity index (χ1v) is 6.91. The molecule has 4 heteroatoms. The third kappa shape index (κ3) is 3.50. The summed E-state index contributed by atoms with van der Waals surface area (Å²) in [5.41, 5.74) is 1.71. The van der Waals surface area contributed by atoms with Gasteiger partial charge in [-0.15, -0.1) is 0 Å². The van der Waals surface area contributed by atoms with E-state index in [1.807, 2.05) is 19.1 Å². The summed E-state index contributed by atoms with van der Waals surface area (Å²) in [5, 5.41) is 3.79. The molecule has 0 spiro atoms. The molecular formula is C16H17ClFNO. The minimum absolute atomic E-state index is 0.276. The van der Waals surface area contributed by atoms with Gasteiger partial charge in [-0.25, -0.2) is 4.39 Å². The molecule has 20 heavy (non-hydrogen) atoms. The van der Waals surface area contributed by atoms with Gasteiger partial charge in [-0.05, 0) is 43.3 Å². The van der Waals surface area contributed by atoms with Crippen LogP contribution in [0.15, 0.2) is 36.4 Å². The fourth-order valence-electron chi connectivity index (χ4n) is 1.90. The number of para-hydroxylation sites is 1. The molecule has 1 N–H and O–H groups in total. The summed E-state index contributed by atoms with van der Waals surface area (Å²) in [5.74, 6) is 0.948. The fourth-order valence-corrected chi connectivity index (χ4v) is 2.14. The molecule has 0 heterocycles. The molecule has 2 aromatic carbocycles. The van der Waals surface area contributed by atoms with Crippen molar-refractivity contribution in [2.24, 2.45) is 0 Å². The third-order valence-corrected chi connectivity index (χ3v) is 3.26. The van der Waals surface area contributed by atoms with Crippen molar-refractivity contribution in [1.82, 2.24) is 5.32 Å². The van der Waals surface area contributed by atoms with Gasteiger partial charge < -0.3 is 10.1 Å². The van der Waals surface area contributed by atoms with Gasteiger partial charge in [-0.1, -0.05) is 30.7 Å². The first-order chi connectivity index (χ1) is 9.61. The van der Waals surface area contributed by atoms with Gasteiger partial charge in [0.2, 0.25) is 0 Å². The largest absolute Gasteiger partial charge is 0.455 e. The number of rotatable bonds is 5. The molecule has 0 saturated carbocycles.